The van der Waals surface area contributed by atoms with Crippen LogP contribution in [0.3, 0.4) is 0 Å². The number of amides is 1. The van der Waals surface area contributed by atoms with Crippen molar-refractivity contribution in [3.8, 4) is 23.1 Å². The molecule has 7 nitrogen and oxygen atoms in total. The van der Waals surface area contributed by atoms with Crippen LogP contribution in [0.1, 0.15) is 11.1 Å². The number of thioether (sulfide) groups is 1. The molecule has 8 heteroatoms. The molecule has 0 saturated heterocycles. The number of carbonyl (C=O) groups excluding carboxylic acids is 1. The number of nitriles is 1. The molecule has 3 aromatic carbocycles. The summed E-state index contributed by atoms with van der Waals surface area (Å²) in [7, 11) is 0. The van der Waals surface area contributed by atoms with Crippen LogP contribution in [-0.4, -0.2) is 32.6 Å². The van der Waals surface area contributed by atoms with Crippen molar-refractivity contribution < 1.29 is 4.79 Å². The van der Waals surface area contributed by atoms with Gasteiger partial charge in [-0.2, -0.15) is 10.4 Å². The smallest absolute Gasteiger partial charge is 0.250 e. The second-order valence-corrected chi connectivity index (χ2v) is 7.60. The first-order chi connectivity index (χ1) is 15.7. The van der Waals surface area contributed by atoms with E-state index in [9.17, 15) is 4.79 Å². The van der Waals surface area contributed by atoms with E-state index in [4.69, 9.17) is 5.26 Å². The molecule has 0 spiro atoms. The van der Waals surface area contributed by atoms with Gasteiger partial charge < -0.3 is 0 Å². The molecule has 1 amide bonds. The minimum absolute atomic E-state index is 0.129. The number of benzene rings is 3. The van der Waals surface area contributed by atoms with E-state index in [2.05, 4.69) is 26.8 Å². The minimum Gasteiger partial charge on any atom is -0.272 e. The molecule has 0 saturated carbocycles. The highest BCUT2D eigenvalue weighted by atomic mass is 32.2. The van der Waals surface area contributed by atoms with Crippen molar-refractivity contribution in [1.82, 2.24) is 20.2 Å². The van der Waals surface area contributed by atoms with Gasteiger partial charge in [-0.15, -0.1) is 10.2 Å². The Morgan fingerprint density at radius 2 is 1.69 bits per heavy atom. The van der Waals surface area contributed by atoms with Crippen LogP contribution in [0, 0.1) is 11.3 Å². The first kappa shape index (κ1) is 21.0. The van der Waals surface area contributed by atoms with Crippen molar-refractivity contribution in [1.29, 1.82) is 5.26 Å². The van der Waals surface area contributed by atoms with E-state index in [1.807, 2.05) is 65.2 Å². The second kappa shape index (κ2) is 10.2. The molecule has 156 valence electrons. The van der Waals surface area contributed by atoms with Gasteiger partial charge in [-0.3, -0.25) is 9.36 Å². The van der Waals surface area contributed by atoms with E-state index in [0.717, 1.165) is 16.8 Å². The Morgan fingerprint density at radius 3 is 2.38 bits per heavy atom. The lowest BCUT2D eigenvalue weighted by Gasteiger charge is -2.10. The highest BCUT2D eigenvalue weighted by molar-refractivity contribution is 7.99. The Bertz CT molecular complexity index is 1260. The summed E-state index contributed by atoms with van der Waals surface area (Å²) in [5, 5.41) is 22.1. The molecule has 32 heavy (non-hydrogen) atoms. The van der Waals surface area contributed by atoms with E-state index in [1.165, 1.54) is 18.0 Å². The maximum Gasteiger partial charge on any atom is 0.250 e. The normalized spacial score (nSPS) is 10.7. The van der Waals surface area contributed by atoms with Gasteiger partial charge in [0.15, 0.2) is 11.0 Å². The molecule has 0 radical (unpaired) electrons. The average molecular weight is 439 g/mol. The van der Waals surface area contributed by atoms with Gasteiger partial charge >= 0.3 is 0 Å². The predicted octanol–water partition coefficient (Wildman–Crippen LogP) is 4.05. The predicted molar refractivity (Wildman–Crippen MR) is 124 cm³/mol. The highest BCUT2D eigenvalue weighted by Gasteiger charge is 2.16. The van der Waals surface area contributed by atoms with Crippen LogP contribution in [0.15, 0.2) is 95.2 Å². The lowest BCUT2D eigenvalue weighted by atomic mass is 10.2. The second-order valence-electron chi connectivity index (χ2n) is 6.66. The molecule has 0 fully saturated rings. The molecule has 0 aliphatic rings. The van der Waals surface area contributed by atoms with E-state index in [0.29, 0.717) is 16.5 Å². The fourth-order valence-electron chi connectivity index (χ4n) is 2.93. The van der Waals surface area contributed by atoms with Crippen molar-refractivity contribution in [2.75, 3.05) is 5.75 Å². The summed E-state index contributed by atoms with van der Waals surface area (Å²) in [6.07, 6.45) is 1.53. The Hall–Kier alpha value is -4.22. The number of aromatic nitrogens is 3. The SMILES string of the molecule is N#Cc1ccc(C=NNC(=O)CSc2nnc(-c3ccccc3)n2-c2ccccc2)cc1. The summed E-state index contributed by atoms with van der Waals surface area (Å²) >= 11 is 1.28. The van der Waals surface area contributed by atoms with Crippen molar-refractivity contribution in [3.63, 3.8) is 0 Å². The summed E-state index contributed by atoms with van der Waals surface area (Å²) in [4.78, 5) is 12.3. The summed E-state index contributed by atoms with van der Waals surface area (Å²) in [5.74, 6) is 0.576. The summed E-state index contributed by atoms with van der Waals surface area (Å²) in [6, 6.07) is 28.6. The van der Waals surface area contributed by atoms with Gasteiger partial charge in [0, 0.05) is 11.3 Å². The number of hydrogen-bond acceptors (Lipinski definition) is 6. The Balaban J connectivity index is 1.46. The molecule has 0 atom stereocenters. The minimum atomic E-state index is -0.260. The fraction of sp³-hybridized carbons (Fsp3) is 0.0417. The monoisotopic (exact) mass is 438 g/mol. The summed E-state index contributed by atoms with van der Waals surface area (Å²) in [5.41, 5.74) is 5.72. The molecule has 0 aliphatic heterocycles. The zero-order valence-corrected chi connectivity index (χ0v) is 17.7. The van der Waals surface area contributed by atoms with Gasteiger partial charge in [-0.1, -0.05) is 72.4 Å². The molecule has 1 heterocycles. The lowest BCUT2D eigenvalue weighted by Crippen LogP contribution is -2.20. The van der Waals surface area contributed by atoms with E-state index < -0.39 is 0 Å². The van der Waals surface area contributed by atoms with E-state index in [1.54, 1.807) is 24.3 Å². The van der Waals surface area contributed by atoms with Crippen molar-refractivity contribution in [2.45, 2.75) is 5.16 Å². The Labute approximate surface area is 189 Å². The summed E-state index contributed by atoms with van der Waals surface area (Å²) in [6.45, 7) is 0. The number of para-hydroxylation sites is 1. The van der Waals surface area contributed by atoms with Crippen LogP contribution in [-0.2, 0) is 4.79 Å². The van der Waals surface area contributed by atoms with Crippen LogP contribution in [0.25, 0.3) is 17.1 Å². The number of carbonyl (C=O) groups is 1. The van der Waals surface area contributed by atoms with Crippen LogP contribution >= 0.6 is 11.8 Å². The third-order valence-electron chi connectivity index (χ3n) is 4.45. The van der Waals surface area contributed by atoms with Crippen molar-refractivity contribution in [2.24, 2.45) is 5.10 Å². The maximum absolute atomic E-state index is 12.3. The van der Waals surface area contributed by atoms with Gasteiger partial charge in [0.25, 0.3) is 5.91 Å². The number of hydrogen-bond donors (Lipinski definition) is 1. The van der Waals surface area contributed by atoms with E-state index in [-0.39, 0.29) is 11.7 Å². The van der Waals surface area contributed by atoms with Gasteiger partial charge in [0.2, 0.25) is 0 Å². The largest absolute Gasteiger partial charge is 0.272 e. The molecule has 4 rings (SSSR count). The van der Waals surface area contributed by atoms with Crippen molar-refractivity contribution in [3.05, 3.63) is 96.1 Å². The zero-order chi connectivity index (χ0) is 22.2. The molecule has 1 N–H and O–H groups in total. The standard InChI is InChI=1S/C24H18N6OS/c25-15-18-11-13-19(14-12-18)16-26-27-22(31)17-32-24-29-28-23(20-7-3-1-4-8-20)30(24)21-9-5-2-6-10-21/h1-14,16H,17H2,(H,27,31). The van der Waals surface area contributed by atoms with Crippen LogP contribution in [0.4, 0.5) is 0 Å². The molecule has 1 aromatic heterocycles. The Kier molecular flexibility index (Phi) is 6.70. The first-order valence-corrected chi connectivity index (χ1v) is 10.7. The highest BCUT2D eigenvalue weighted by Crippen LogP contribution is 2.27. The average Bonchev–Trinajstić information content (AvgIpc) is 3.28. The van der Waals surface area contributed by atoms with Gasteiger partial charge in [-0.05, 0) is 29.8 Å². The molecule has 4 aromatic rings. The molecule has 0 bridgehead atoms. The van der Waals surface area contributed by atoms with Crippen molar-refractivity contribution >= 4 is 23.9 Å². The van der Waals surface area contributed by atoms with E-state index >= 15 is 0 Å². The quantitative estimate of drug-likeness (QED) is 0.267. The summed E-state index contributed by atoms with van der Waals surface area (Å²) < 4.78 is 1.94. The third-order valence-corrected chi connectivity index (χ3v) is 5.38. The lowest BCUT2D eigenvalue weighted by molar-refractivity contribution is -0.118. The number of rotatable bonds is 7. The number of nitrogens with zero attached hydrogens (tertiary/aromatic N) is 5. The number of hydrazone groups is 1. The van der Waals surface area contributed by atoms with Crippen LogP contribution < -0.4 is 5.43 Å². The third kappa shape index (κ3) is 5.09. The topological polar surface area (TPSA) is 96.0 Å². The molecule has 0 aliphatic carbocycles. The molecular formula is C24H18N6OS. The fourth-order valence-corrected chi connectivity index (χ4v) is 3.68. The van der Waals surface area contributed by atoms with Gasteiger partial charge in [0.05, 0.1) is 23.6 Å². The zero-order valence-electron chi connectivity index (χ0n) is 16.9. The molecule has 0 unspecified atom stereocenters. The van der Waals surface area contributed by atoms with Crippen LogP contribution in [0.2, 0.25) is 0 Å². The number of nitrogens with one attached hydrogen (secondary N) is 1. The first-order valence-electron chi connectivity index (χ1n) is 9.76. The maximum atomic E-state index is 12.3. The van der Waals surface area contributed by atoms with Gasteiger partial charge in [0.1, 0.15) is 0 Å². The Morgan fingerprint density at radius 1 is 1.00 bits per heavy atom. The van der Waals surface area contributed by atoms with Gasteiger partial charge in [-0.25, -0.2) is 5.43 Å². The van der Waals surface area contributed by atoms with Crippen LogP contribution in [0.5, 0.6) is 0 Å². The molecular weight excluding hydrogens is 420 g/mol.